The molecule has 0 aliphatic carbocycles. The van der Waals surface area contributed by atoms with E-state index in [9.17, 15) is 9.59 Å². The summed E-state index contributed by atoms with van der Waals surface area (Å²) in [5.74, 6) is -0.105. The Morgan fingerprint density at radius 3 is 2.00 bits per heavy atom. The lowest BCUT2D eigenvalue weighted by Gasteiger charge is -2.33. The van der Waals surface area contributed by atoms with Crippen LogP contribution in [0.15, 0.2) is 24.3 Å². The number of benzene rings is 1. The van der Waals surface area contributed by atoms with E-state index in [0.29, 0.717) is 17.7 Å². The molecule has 8 heteroatoms. The van der Waals surface area contributed by atoms with Crippen LogP contribution in [0, 0.1) is 0 Å². The first-order valence-electron chi connectivity index (χ1n) is 15.9. The Balaban J connectivity index is 0.00000800. The number of ether oxygens (including phenoxy) is 1. The van der Waals surface area contributed by atoms with E-state index in [0.717, 1.165) is 32.5 Å². The number of nitrogens with zero attached hydrogens (tertiary/aromatic N) is 1. The quantitative estimate of drug-likeness (QED) is 0.131. The van der Waals surface area contributed by atoms with Crippen LogP contribution in [0.4, 0.5) is 4.79 Å². The van der Waals surface area contributed by atoms with Gasteiger partial charge in [-0.3, -0.25) is 10.2 Å². The Bertz CT molecular complexity index is 795. The van der Waals surface area contributed by atoms with Crippen molar-refractivity contribution in [1.29, 1.82) is 0 Å². The van der Waals surface area contributed by atoms with Gasteiger partial charge in [-0.15, -0.1) is 12.4 Å². The van der Waals surface area contributed by atoms with Crippen LogP contribution in [-0.4, -0.2) is 49.2 Å². The lowest BCUT2D eigenvalue weighted by molar-refractivity contribution is 0.0710. The molecule has 1 aromatic rings. The second-order valence-corrected chi connectivity index (χ2v) is 11.2. The summed E-state index contributed by atoms with van der Waals surface area (Å²) in [6.45, 7) is 7.44. The van der Waals surface area contributed by atoms with Crippen molar-refractivity contribution < 1.29 is 14.3 Å². The molecule has 0 saturated carbocycles. The zero-order valence-corrected chi connectivity index (χ0v) is 26.1. The van der Waals surface area contributed by atoms with E-state index in [1.165, 1.54) is 89.9 Å². The van der Waals surface area contributed by atoms with Crippen molar-refractivity contribution in [2.45, 2.75) is 129 Å². The Morgan fingerprint density at radius 2 is 1.43 bits per heavy atom. The summed E-state index contributed by atoms with van der Waals surface area (Å²) in [6, 6.07) is 7.54. The predicted molar refractivity (Wildman–Crippen MR) is 168 cm³/mol. The van der Waals surface area contributed by atoms with Crippen molar-refractivity contribution in [1.82, 2.24) is 21.1 Å². The molecule has 0 aromatic heterocycles. The van der Waals surface area contributed by atoms with Crippen molar-refractivity contribution in [3.63, 3.8) is 0 Å². The van der Waals surface area contributed by atoms with Crippen molar-refractivity contribution in [3.8, 4) is 0 Å². The number of nitrogens with one attached hydrogen (secondary N) is 3. The fourth-order valence-electron chi connectivity index (χ4n) is 5.14. The fraction of sp³-hybridized carbons (Fsp3) is 0.750. The molecule has 1 atom stereocenters. The number of carbonyl (C=O) groups is 2. The van der Waals surface area contributed by atoms with Crippen molar-refractivity contribution >= 4 is 24.4 Å². The molecule has 2 amide bonds. The third kappa shape index (κ3) is 16.4. The van der Waals surface area contributed by atoms with E-state index in [1.54, 1.807) is 6.07 Å². The van der Waals surface area contributed by atoms with Crippen LogP contribution in [0.1, 0.15) is 133 Å². The number of unbranched alkanes of at least 4 members (excludes halogenated alkanes) is 15. The molecule has 230 valence electrons. The second kappa shape index (κ2) is 23.8. The summed E-state index contributed by atoms with van der Waals surface area (Å²) in [4.78, 5) is 25.0. The molecule has 1 saturated heterocycles. The van der Waals surface area contributed by atoms with Crippen LogP contribution in [0.25, 0.3) is 0 Å². The molecule has 2 rings (SSSR count). The summed E-state index contributed by atoms with van der Waals surface area (Å²) >= 11 is 0. The maximum atomic E-state index is 12.7. The lowest BCUT2D eigenvalue weighted by Crippen LogP contribution is -2.57. The van der Waals surface area contributed by atoms with Crippen LogP contribution in [0.2, 0.25) is 0 Å². The summed E-state index contributed by atoms with van der Waals surface area (Å²) in [5, 5.41) is 8.21. The fourth-order valence-corrected chi connectivity index (χ4v) is 5.14. The van der Waals surface area contributed by atoms with Crippen LogP contribution in [-0.2, 0) is 11.3 Å². The maximum Gasteiger partial charge on any atom is 0.422 e. The first-order valence-corrected chi connectivity index (χ1v) is 15.9. The molecule has 40 heavy (non-hydrogen) atoms. The summed E-state index contributed by atoms with van der Waals surface area (Å²) < 4.78 is 5.42. The van der Waals surface area contributed by atoms with E-state index in [4.69, 9.17) is 4.74 Å². The summed E-state index contributed by atoms with van der Waals surface area (Å²) in [7, 11) is 0. The number of halogens is 1. The topological polar surface area (TPSA) is 82.7 Å². The number of carbonyl (C=O) groups excluding carboxylic acids is 2. The Morgan fingerprint density at radius 1 is 0.875 bits per heavy atom. The van der Waals surface area contributed by atoms with Gasteiger partial charge in [-0.2, -0.15) is 0 Å². The molecule has 1 aliphatic heterocycles. The monoisotopic (exact) mass is 580 g/mol. The smallest absolute Gasteiger partial charge is 0.422 e. The van der Waals surface area contributed by atoms with Gasteiger partial charge in [0.05, 0.1) is 0 Å². The highest BCUT2D eigenvalue weighted by atomic mass is 35.5. The molecule has 1 aliphatic rings. The zero-order valence-electron chi connectivity index (χ0n) is 25.3. The molecule has 1 fully saturated rings. The summed E-state index contributed by atoms with van der Waals surface area (Å²) in [6.07, 6.45) is 20.9. The van der Waals surface area contributed by atoms with Crippen molar-refractivity contribution in [3.05, 3.63) is 35.4 Å². The second-order valence-electron chi connectivity index (χ2n) is 11.2. The largest absolute Gasteiger partial charge is 0.444 e. The first-order chi connectivity index (χ1) is 19.1. The van der Waals surface area contributed by atoms with E-state index in [-0.39, 0.29) is 31.0 Å². The number of hydrogen-bond donors (Lipinski definition) is 3. The minimum atomic E-state index is -0.493. The Kier molecular flexibility index (Phi) is 21.6. The van der Waals surface area contributed by atoms with Crippen LogP contribution in [0.5, 0.6) is 0 Å². The van der Waals surface area contributed by atoms with Gasteiger partial charge in [0.2, 0.25) is 0 Å². The number of piperazine rings is 1. The Hall–Kier alpha value is -1.83. The lowest BCUT2D eigenvalue weighted by atomic mass is 10.0. The molecule has 3 N–H and O–H groups in total. The standard InChI is InChI=1S/C32H56N4O3.ClH/c1-3-4-5-6-7-8-9-10-11-12-13-14-15-16-17-20-23-34-31(37)30-22-19-18-21-29(30)27-39-32(38)35-36-25-24-33-26-28(36)2;/h18-19,21-22,28,33H,3-17,20,23-27H2,1-2H3,(H,34,37)(H,35,38);1H. The van der Waals surface area contributed by atoms with Gasteiger partial charge >= 0.3 is 6.09 Å². The third-order valence-electron chi connectivity index (χ3n) is 7.67. The minimum absolute atomic E-state index is 0. The predicted octanol–water partition coefficient (Wildman–Crippen LogP) is 7.53. The van der Waals surface area contributed by atoms with E-state index in [1.807, 2.05) is 30.1 Å². The SMILES string of the molecule is CCCCCCCCCCCCCCCCCCNC(=O)c1ccccc1COC(=O)NN1CCNCC1C.Cl. The number of hydrazine groups is 1. The first kappa shape index (κ1) is 36.2. The van der Waals surface area contributed by atoms with Crippen molar-refractivity contribution in [2.24, 2.45) is 0 Å². The number of hydrogen-bond acceptors (Lipinski definition) is 5. The maximum absolute atomic E-state index is 12.7. The van der Waals surface area contributed by atoms with E-state index >= 15 is 0 Å². The van der Waals surface area contributed by atoms with Gasteiger partial charge in [0.15, 0.2) is 0 Å². The molecule has 1 heterocycles. The highest BCUT2D eigenvalue weighted by molar-refractivity contribution is 5.95. The van der Waals surface area contributed by atoms with Crippen LogP contribution >= 0.6 is 12.4 Å². The highest BCUT2D eigenvalue weighted by Gasteiger charge is 2.20. The van der Waals surface area contributed by atoms with E-state index in [2.05, 4.69) is 23.0 Å². The molecule has 1 unspecified atom stereocenters. The van der Waals surface area contributed by atoms with E-state index < -0.39 is 6.09 Å². The van der Waals surface area contributed by atoms with Gasteiger partial charge in [0.25, 0.3) is 5.91 Å². The van der Waals surface area contributed by atoms with Gasteiger partial charge in [-0.05, 0) is 19.4 Å². The van der Waals surface area contributed by atoms with Gasteiger partial charge in [-0.1, -0.05) is 121 Å². The van der Waals surface area contributed by atoms with Crippen LogP contribution < -0.4 is 16.1 Å². The molecule has 0 radical (unpaired) electrons. The molecule has 0 bridgehead atoms. The minimum Gasteiger partial charge on any atom is -0.444 e. The van der Waals surface area contributed by atoms with Crippen LogP contribution in [0.3, 0.4) is 0 Å². The van der Waals surface area contributed by atoms with Gasteiger partial charge in [-0.25, -0.2) is 9.80 Å². The van der Waals surface area contributed by atoms with Gasteiger partial charge in [0, 0.05) is 43.3 Å². The Labute approximate surface area is 250 Å². The van der Waals surface area contributed by atoms with Crippen molar-refractivity contribution in [2.75, 3.05) is 26.2 Å². The average Bonchev–Trinajstić information content (AvgIpc) is 2.95. The summed E-state index contributed by atoms with van der Waals surface area (Å²) in [5.41, 5.74) is 4.09. The van der Waals surface area contributed by atoms with Gasteiger partial charge in [0.1, 0.15) is 6.61 Å². The molecule has 0 spiro atoms. The molecule has 1 aromatic carbocycles. The number of amides is 2. The zero-order chi connectivity index (χ0) is 28.0. The molecular weight excluding hydrogens is 524 g/mol. The molecule has 7 nitrogen and oxygen atoms in total. The normalized spacial score (nSPS) is 15.3. The number of rotatable bonds is 21. The third-order valence-corrected chi connectivity index (χ3v) is 7.67. The average molecular weight is 581 g/mol. The van der Waals surface area contributed by atoms with Gasteiger partial charge < -0.3 is 15.4 Å². The molecular formula is C32H57ClN4O3. The highest BCUT2D eigenvalue weighted by Crippen LogP contribution is 2.14.